The summed E-state index contributed by atoms with van der Waals surface area (Å²) < 4.78 is 10.2. The van der Waals surface area contributed by atoms with Gasteiger partial charge in [-0.2, -0.15) is 0 Å². The molecule has 1 aromatic rings. The molecule has 0 aliphatic heterocycles. The van der Waals surface area contributed by atoms with Crippen LogP contribution in [0.2, 0.25) is 5.02 Å². The molecule has 5 nitrogen and oxygen atoms in total. The van der Waals surface area contributed by atoms with Gasteiger partial charge in [0.2, 0.25) is 0 Å². The van der Waals surface area contributed by atoms with Gasteiger partial charge < -0.3 is 14.8 Å². The van der Waals surface area contributed by atoms with Crippen LogP contribution in [0.3, 0.4) is 0 Å². The average molecular weight is 326 g/mol. The van der Waals surface area contributed by atoms with Crippen LogP contribution in [0.1, 0.15) is 19.4 Å². The Morgan fingerprint density at radius 2 is 1.91 bits per heavy atom. The van der Waals surface area contributed by atoms with E-state index in [0.29, 0.717) is 11.6 Å². The molecule has 0 aliphatic carbocycles. The number of rotatable bonds is 8. The normalized spacial score (nSPS) is 13.0. The molecule has 2 unspecified atom stereocenters. The summed E-state index contributed by atoms with van der Waals surface area (Å²) in [5.41, 5.74) is 0.902. The number of hydrogen-bond acceptors (Lipinski definition) is 4. The van der Waals surface area contributed by atoms with Crippen molar-refractivity contribution in [3.05, 3.63) is 47.5 Å². The summed E-state index contributed by atoms with van der Waals surface area (Å²) in [4.78, 5) is 23.6. The molecule has 0 radical (unpaired) electrons. The van der Waals surface area contributed by atoms with Crippen LogP contribution in [0.5, 0.6) is 0 Å². The third kappa shape index (κ3) is 6.28. The van der Waals surface area contributed by atoms with Crippen LogP contribution in [-0.4, -0.2) is 30.7 Å². The Kier molecular flexibility index (Phi) is 7.63. The van der Waals surface area contributed by atoms with Gasteiger partial charge in [0, 0.05) is 11.6 Å². The Labute approximate surface area is 135 Å². The van der Waals surface area contributed by atoms with Gasteiger partial charge in [-0.25, -0.2) is 4.79 Å². The highest BCUT2D eigenvalue weighted by molar-refractivity contribution is 6.30. The van der Waals surface area contributed by atoms with Gasteiger partial charge >= 0.3 is 5.97 Å². The Bertz CT molecular complexity index is 515. The summed E-state index contributed by atoms with van der Waals surface area (Å²) in [6.07, 6.45) is -0.106. The van der Waals surface area contributed by atoms with Crippen LogP contribution >= 0.6 is 11.6 Å². The molecule has 0 spiro atoms. The molecule has 1 rings (SSSR count). The number of halogens is 1. The van der Waals surface area contributed by atoms with E-state index in [2.05, 4.69) is 11.9 Å². The Morgan fingerprint density at radius 1 is 1.27 bits per heavy atom. The molecule has 0 aliphatic rings. The van der Waals surface area contributed by atoms with Gasteiger partial charge in [-0.1, -0.05) is 29.8 Å². The van der Waals surface area contributed by atoms with Crippen LogP contribution in [0, 0.1) is 0 Å². The molecular formula is C16H20ClNO4. The van der Waals surface area contributed by atoms with Gasteiger partial charge in [-0.3, -0.25) is 4.79 Å². The maximum absolute atomic E-state index is 11.9. The van der Waals surface area contributed by atoms with Crippen molar-refractivity contribution < 1.29 is 19.1 Å². The van der Waals surface area contributed by atoms with Gasteiger partial charge in [0.15, 0.2) is 12.2 Å². The number of nitrogens with one attached hydrogen (secondary N) is 1. The fourth-order valence-electron chi connectivity index (χ4n) is 1.54. The topological polar surface area (TPSA) is 64.6 Å². The van der Waals surface area contributed by atoms with Crippen molar-refractivity contribution in [1.29, 1.82) is 0 Å². The Balaban J connectivity index is 2.39. The fraction of sp³-hybridized carbons (Fsp3) is 0.375. The van der Waals surface area contributed by atoms with Gasteiger partial charge in [-0.15, -0.1) is 6.58 Å². The van der Waals surface area contributed by atoms with Crippen LogP contribution in [0.25, 0.3) is 0 Å². The Morgan fingerprint density at radius 3 is 2.50 bits per heavy atom. The van der Waals surface area contributed by atoms with Gasteiger partial charge in [0.05, 0.1) is 6.61 Å². The second kappa shape index (κ2) is 9.23. The standard InChI is InChI=1S/C16H20ClNO4/c1-4-9-21-12(3)16(20)22-11(2)15(19)18-10-13-5-7-14(17)8-6-13/h4-8,11-12H,1,9-10H2,2-3H3,(H,18,19). The number of carbonyl (C=O) groups excluding carboxylic acids is 2. The summed E-state index contributed by atoms with van der Waals surface area (Å²) in [6.45, 7) is 7.14. The number of ether oxygens (including phenoxy) is 2. The summed E-state index contributed by atoms with van der Waals surface area (Å²) in [7, 11) is 0. The van der Waals surface area contributed by atoms with Crippen molar-refractivity contribution in [2.24, 2.45) is 0 Å². The maximum atomic E-state index is 11.9. The number of carbonyl (C=O) groups is 2. The van der Waals surface area contributed by atoms with Gasteiger partial charge in [0.1, 0.15) is 0 Å². The molecule has 1 N–H and O–H groups in total. The smallest absolute Gasteiger partial charge is 0.335 e. The second-order valence-corrected chi connectivity index (χ2v) is 5.12. The first kappa shape index (κ1) is 18.2. The number of esters is 1. The second-order valence-electron chi connectivity index (χ2n) is 4.69. The van der Waals surface area contributed by atoms with E-state index in [0.717, 1.165) is 5.56 Å². The first-order valence-electron chi connectivity index (χ1n) is 6.89. The largest absolute Gasteiger partial charge is 0.451 e. The number of benzene rings is 1. The van der Waals surface area contributed by atoms with E-state index in [1.807, 2.05) is 12.1 Å². The highest BCUT2D eigenvalue weighted by Crippen LogP contribution is 2.09. The first-order chi connectivity index (χ1) is 10.4. The van der Waals surface area contributed by atoms with Crippen LogP contribution in [-0.2, 0) is 25.6 Å². The van der Waals surface area contributed by atoms with Crippen LogP contribution in [0.15, 0.2) is 36.9 Å². The highest BCUT2D eigenvalue weighted by atomic mass is 35.5. The zero-order chi connectivity index (χ0) is 16.5. The molecule has 0 saturated carbocycles. The zero-order valence-electron chi connectivity index (χ0n) is 12.7. The number of hydrogen-bond donors (Lipinski definition) is 1. The van der Waals surface area contributed by atoms with E-state index in [1.165, 1.54) is 13.0 Å². The molecule has 6 heteroatoms. The molecule has 0 saturated heterocycles. The van der Waals surface area contributed by atoms with E-state index in [-0.39, 0.29) is 12.5 Å². The lowest BCUT2D eigenvalue weighted by Crippen LogP contribution is -2.37. The first-order valence-corrected chi connectivity index (χ1v) is 7.27. The van der Waals surface area contributed by atoms with E-state index >= 15 is 0 Å². The molecular weight excluding hydrogens is 306 g/mol. The summed E-state index contributed by atoms with van der Waals surface area (Å²) in [5.74, 6) is -0.963. The molecule has 120 valence electrons. The predicted octanol–water partition coefficient (Wildman–Crippen LogP) is 2.48. The number of amides is 1. The summed E-state index contributed by atoms with van der Waals surface area (Å²) in [5, 5.41) is 3.32. The Hall–Kier alpha value is -1.85. The summed E-state index contributed by atoms with van der Waals surface area (Å²) in [6, 6.07) is 7.10. The third-order valence-corrected chi connectivity index (χ3v) is 3.09. The molecule has 0 heterocycles. The minimum absolute atomic E-state index is 0.243. The molecule has 22 heavy (non-hydrogen) atoms. The summed E-state index contributed by atoms with van der Waals surface area (Å²) >= 11 is 5.79. The fourth-order valence-corrected chi connectivity index (χ4v) is 1.67. The average Bonchev–Trinajstić information content (AvgIpc) is 2.51. The van der Waals surface area contributed by atoms with E-state index in [1.54, 1.807) is 19.1 Å². The SMILES string of the molecule is C=CCOC(C)C(=O)OC(C)C(=O)NCc1ccc(Cl)cc1. The predicted molar refractivity (Wildman–Crippen MR) is 84.5 cm³/mol. The lowest BCUT2D eigenvalue weighted by molar-refractivity contribution is -0.164. The molecule has 1 aromatic carbocycles. The molecule has 2 atom stereocenters. The van der Waals surface area contributed by atoms with E-state index in [9.17, 15) is 9.59 Å². The van der Waals surface area contributed by atoms with E-state index < -0.39 is 18.2 Å². The van der Waals surface area contributed by atoms with Crippen molar-refractivity contribution in [2.45, 2.75) is 32.6 Å². The molecule has 1 amide bonds. The van der Waals surface area contributed by atoms with Crippen molar-refractivity contribution in [2.75, 3.05) is 6.61 Å². The van der Waals surface area contributed by atoms with Gasteiger partial charge in [0.25, 0.3) is 5.91 Å². The van der Waals surface area contributed by atoms with Crippen molar-refractivity contribution in [3.63, 3.8) is 0 Å². The monoisotopic (exact) mass is 325 g/mol. The maximum Gasteiger partial charge on any atom is 0.335 e. The van der Waals surface area contributed by atoms with E-state index in [4.69, 9.17) is 21.1 Å². The minimum Gasteiger partial charge on any atom is -0.451 e. The third-order valence-electron chi connectivity index (χ3n) is 2.84. The quantitative estimate of drug-likeness (QED) is 0.589. The van der Waals surface area contributed by atoms with Crippen molar-refractivity contribution in [3.8, 4) is 0 Å². The van der Waals surface area contributed by atoms with Gasteiger partial charge in [-0.05, 0) is 31.5 Å². The molecule has 0 bridgehead atoms. The van der Waals surface area contributed by atoms with Crippen molar-refractivity contribution in [1.82, 2.24) is 5.32 Å². The van der Waals surface area contributed by atoms with Crippen molar-refractivity contribution >= 4 is 23.5 Å². The van der Waals surface area contributed by atoms with Crippen LogP contribution < -0.4 is 5.32 Å². The zero-order valence-corrected chi connectivity index (χ0v) is 13.4. The minimum atomic E-state index is -0.894. The highest BCUT2D eigenvalue weighted by Gasteiger charge is 2.21. The molecule has 0 fully saturated rings. The van der Waals surface area contributed by atoms with Crippen LogP contribution in [0.4, 0.5) is 0 Å². The molecule has 0 aromatic heterocycles. The lowest BCUT2D eigenvalue weighted by Gasteiger charge is -2.16. The lowest BCUT2D eigenvalue weighted by atomic mass is 10.2.